The number of carbonyl (C=O) groups is 1. The van der Waals surface area contributed by atoms with Crippen LogP contribution in [0.4, 0.5) is 0 Å². The molecule has 3 nitrogen and oxygen atoms in total. The van der Waals surface area contributed by atoms with Crippen molar-refractivity contribution in [2.45, 2.75) is 38.5 Å². The number of carbonyl (C=O) groups excluding carboxylic acids is 1. The highest BCUT2D eigenvalue weighted by atomic mass is 16.2. The van der Waals surface area contributed by atoms with Crippen molar-refractivity contribution in [3.05, 3.63) is 0 Å². The minimum absolute atomic E-state index is 0.0573. The largest absolute Gasteiger partial charge is 0.283 e. The number of rotatable bonds is 1. The lowest BCUT2D eigenvalue weighted by molar-refractivity contribution is -0.156. The predicted octanol–water partition coefficient (Wildman–Crippen LogP) is 1.53. The van der Waals surface area contributed by atoms with Gasteiger partial charge >= 0.3 is 0 Å². The molecule has 3 heteroatoms. The van der Waals surface area contributed by atoms with Crippen LogP contribution in [0.2, 0.25) is 0 Å². The molecule has 4 aliphatic rings. The molecule has 1 amide bonds. The summed E-state index contributed by atoms with van der Waals surface area (Å²) in [7, 11) is 1.70. The lowest BCUT2D eigenvalue weighted by Gasteiger charge is -2.56. The van der Waals surface area contributed by atoms with Gasteiger partial charge in [-0.2, -0.15) is 0 Å². The van der Waals surface area contributed by atoms with E-state index in [0.717, 1.165) is 37.0 Å². The van der Waals surface area contributed by atoms with Gasteiger partial charge in [-0.25, -0.2) is 5.84 Å². The molecule has 4 aliphatic carbocycles. The average molecular weight is 208 g/mol. The maximum absolute atomic E-state index is 12.2. The Morgan fingerprint density at radius 2 is 1.53 bits per heavy atom. The first-order chi connectivity index (χ1) is 7.09. The van der Waals surface area contributed by atoms with E-state index in [1.807, 2.05) is 0 Å². The van der Waals surface area contributed by atoms with E-state index in [-0.39, 0.29) is 11.3 Å². The monoisotopic (exact) mass is 208 g/mol. The number of hydrogen-bond donors (Lipinski definition) is 1. The highest BCUT2D eigenvalue weighted by Crippen LogP contribution is 2.60. The molecule has 4 saturated carbocycles. The third-order valence-corrected chi connectivity index (χ3v) is 4.81. The van der Waals surface area contributed by atoms with Crippen LogP contribution in [-0.2, 0) is 4.79 Å². The molecule has 4 rings (SSSR count). The second kappa shape index (κ2) is 2.97. The van der Waals surface area contributed by atoms with Crippen LogP contribution in [-0.4, -0.2) is 18.0 Å². The summed E-state index contributed by atoms with van der Waals surface area (Å²) in [6, 6.07) is 0. The van der Waals surface area contributed by atoms with E-state index in [2.05, 4.69) is 0 Å². The van der Waals surface area contributed by atoms with Crippen molar-refractivity contribution < 1.29 is 4.79 Å². The topological polar surface area (TPSA) is 46.3 Å². The number of hydrazine groups is 1. The van der Waals surface area contributed by atoms with Crippen LogP contribution >= 0.6 is 0 Å². The van der Waals surface area contributed by atoms with E-state index in [9.17, 15) is 4.79 Å². The summed E-state index contributed by atoms with van der Waals surface area (Å²) in [5, 5.41) is 1.33. The third kappa shape index (κ3) is 1.32. The lowest BCUT2D eigenvalue weighted by atomic mass is 9.49. The SMILES string of the molecule is CN(N)C(=O)C12CC3CC(CC(C3)C1)C2. The molecule has 4 bridgehead atoms. The van der Waals surface area contributed by atoms with E-state index in [1.165, 1.54) is 24.3 Å². The molecular weight excluding hydrogens is 188 g/mol. The van der Waals surface area contributed by atoms with E-state index in [4.69, 9.17) is 5.84 Å². The molecular formula is C12H20N2O. The van der Waals surface area contributed by atoms with E-state index >= 15 is 0 Å². The van der Waals surface area contributed by atoms with Gasteiger partial charge in [0.25, 0.3) is 0 Å². The van der Waals surface area contributed by atoms with Crippen molar-refractivity contribution in [2.75, 3.05) is 7.05 Å². The predicted molar refractivity (Wildman–Crippen MR) is 57.6 cm³/mol. The Morgan fingerprint density at radius 1 is 1.13 bits per heavy atom. The summed E-state index contributed by atoms with van der Waals surface area (Å²) in [5.41, 5.74) is -0.0573. The molecule has 0 aromatic carbocycles. The quantitative estimate of drug-likeness (QED) is 0.403. The Hall–Kier alpha value is -0.570. The second-order valence-corrected chi connectivity index (χ2v) is 6.11. The van der Waals surface area contributed by atoms with Gasteiger partial charge in [0, 0.05) is 7.05 Å². The molecule has 15 heavy (non-hydrogen) atoms. The fourth-order valence-corrected chi connectivity index (χ4v) is 4.75. The normalized spacial score (nSPS) is 46.9. The van der Waals surface area contributed by atoms with Gasteiger partial charge in [-0.05, 0) is 56.3 Å². The first-order valence-electron chi connectivity index (χ1n) is 6.12. The number of amides is 1. The molecule has 0 aliphatic heterocycles. The van der Waals surface area contributed by atoms with Gasteiger partial charge in [0.2, 0.25) is 5.91 Å². The smallest absolute Gasteiger partial charge is 0.242 e. The summed E-state index contributed by atoms with van der Waals surface area (Å²) >= 11 is 0. The van der Waals surface area contributed by atoms with Crippen molar-refractivity contribution in [3.8, 4) is 0 Å². The van der Waals surface area contributed by atoms with Gasteiger partial charge in [-0.3, -0.25) is 9.80 Å². The fourth-order valence-electron chi connectivity index (χ4n) is 4.75. The molecule has 0 saturated heterocycles. The summed E-state index contributed by atoms with van der Waals surface area (Å²) < 4.78 is 0. The van der Waals surface area contributed by atoms with Crippen LogP contribution in [0.3, 0.4) is 0 Å². The molecule has 0 radical (unpaired) electrons. The van der Waals surface area contributed by atoms with Crippen molar-refractivity contribution in [1.29, 1.82) is 0 Å². The zero-order chi connectivity index (χ0) is 10.6. The molecule has 0 unspecified atom stereocenters. The number of nitrogens with two attached hydrogens (primary N) is 1. The van der Waals surface area contributed by atoms with Crippen LogP contribution in [0, 0.1) is 23.2 Å². The van der Waals surface area contributed by atoms with E-state index in [0.29, 0.717) is 0 Å². The van der Waals surface area contributed by atoms with Gasteiger partial charge in [0.05, 0.1) is 5.41 Å². The summed E-state index contributed by atoms with van der Waals surface area (Å²) in [6.45, 7) is 0. The van der Waals surface area contributed by atoms with Crippen LogP contribution < -0.4 is 5.84 Å². The van der Waals surface area contributed by atoms with Crippen molar-refractivity contribution >= 4 is 5.91 Å². The second-order valence-electron chi connectivity index (χ2n) is 6.11. The zero-order valence-corrected chi connectivity index (χ0v) is 9.41. The Labute approximate surface area is 91.0 Å². The van der Waals surface area contributed by atoms with Crippen LogP contribution in [0.25, 0.3) is 0 Å². The molecule has 4 fully saturated rings. The molecule has 0 spiro atoms. The molecule has 0 aromatic heterocycles. The highest BCUT2D eigenvalue weighted by molar-refractivity contribution is 5.82. The van der Waals surface area contributed by atoms with Crippen molar-refractivity contribution in [1.82, 2.24) is 5.01 Å². The third-order valence-electron chi connectivity index (χ3n) is 4.81. The number of hydrogen-bond acceptors (Lipinski definition) is 2. The maximum atomic E-state index is 12.2. The lowest BCUT2D eigenvalue weighted by Crippen LogP contribution is -2.55. The standard InChI is InChI=1S/C12H20N2O/c1-14(13)11(15)12-5-8-2-9(6-12)4-10(3-8)7-12/h8-10H,2-7,13H2,1H3. The van der Waals surface area contributed by atoms with Gasteiger partial charge in [0.15, 0.2) is 0 Å². The first-order valence-corrected chi connectivity index (χ1v) is 6.12. The van der Waals surface area contributed by atoms with Gasteiger partial charge < -0.3 is 0 Å². The van der Waals surface area contributed by atoms with E-state index < -0.39 is 0 Å². The summed E-state index contributed by atoms with van der Waals surface area (Å²) in [5.74, 6) is 8.30. The zero-order valence-electron chi connectivity index (χ0n) is 9.41. The van der Waals surface area contributed by atoms with Crippen molar-refractivity contribution in [3.63, 3.8) is 0 Å². The van der Waals surface area contributed by atoms with Crippen LogP contribution in [0.5, 0.6) is 0 Å². The molecule has 0 atom stereocenters. The average Bonchev–Trinajstić information content (AvgIpc) is 2.14. The van der Waals surface area contributed by atoms with Crippen LogP contribution in [0.1, 0.15) is 38.5 Å². The maximum Gasteiger partial charge on any atom is 0.242 e. The fraction of sp³-hybridized carbons (Fsp3) is 0.917. The first kappa shape index (κ1) is 9.64. The Balaban J connectivity index is 1.90. The molecule has 0 heterocycles. The summed E-state index contributed by atoms with van der Waals surface area (Å²) in [4.78, 5) is 12.2. The Kier molecular flexibility index (Phi) is 1.91. The molecule has 2 N–H and O–H groups in total. The minimum atomic E-state index is -0.0573. The molecule has 0 aromatic rings. The van der Waals surface area contributed by atoms with Crippen molar-refractivity contribution in [2.24, 2.45) is 29.0 Å². The highest BCUT2D eigenvalue weighted by Gasteiger charge is 2.55. The van der Waals surface area contributed by atoms with Gasteiger partial charge in [0.1, 0.15) is 0 Å². The van der Waals surface area contributed by atoms with Gasteiger partial charge in [-0.1, -0.05) is 0 Å². The minimum Gasteiger partial charge on any atom is -0.283 e. The Bertz CT molecular complexity index is 263. The van der Waals surface area contributed by atoms with E-state index in [1.54, 1.807) is 7.05 Å². The number of nitrogens with zero attached hydrogens (tertiary/aromatic N) is 1. The molecule has 84 valence electrons. The summed E-state index contributed by atoms with van der Waals surface area (Å²) in [6.07, 6.45) is 7.46. The van der Waals surface area contributed by atoms with Gasteiger partial charge in [-0.15, -0.1) is 0 Å². The Morgan fingerprint density at radius 3 is 1.87 bits per heavy atom. The van der Waals surface area contributed by atoms with Crippen LogP contribution in [0.15, 0.2) is 0 Å².